The van der Waals surface area contributed by atoms with E-state index in [-0.39, 0.29) is 16.8 Å². The van der Waals surface area contributed by atoms with E-state index < -0.39 is 12.0 Å². The summed E-state index contributed by atoms with van der Waals surface area (Å²) in [5.74, 6) is -1.41. The van der Waals surface area contributed by atoms with E-state index in [0.29, 0.717) is 17.7 Å². The molecule has 2 unspecified atom stereocenters. The normalized spacial score (nSPS) is 13.1. The molecule has 0 fully saturated rings. The van der Waals surface area contributed by atoms with Crippen LogP contribution in [0.15, 0.2) is 30.4 Å². The predicted molar refractivity (Wildman–Crippen MR) is 85.1 cm³/mol. The molecule has 0 aliphatic heterocycles. The minimum absolute atomic E-state index is 0.287. The van der Waals surface area contributed by atoms with Crippen molar-refractivity contribution in [2.24, 2.45) is 5.92 Å². The minimum Gasteiger partial charge on any atom is -0.495 e. The van der Waals surface area contributed by atoms with Gasteiger partial charge in [0.15, 0.2) is 6.04 Å². The highest BCUT2D eigenvalue weighted by molar-refractivity contribution is 6.32. The first-order valence-electron chi connectivity index (χ1n) is 6.77. The number of methoxy groups -OCH3 is 1. The van der Waals surface area contributed by atoms with Crippen LogP contribution in [0.2, 0.25) is 5.02 Å². The largest absolute Gasteiger partial charge is 0.495 e. The van der Waals surface area contributed by atoms with Gasteiger partial charge in [0.1, 0.15) is 5.75 Å². The van der Waals surface area contributed by atoms with Crippen LogP contribution in [-0.4, -0.2) is 24.1 Å². The Labute approximate surface area is 134 Å². The number of hydrogen-bond donors (Lipinski definition) is 2. The molecule has 0 aliphatic rings. The number of rotatable bonds is 7. The Morgan fingerprint density at radius 1 is 1.45 bits per heavy atom. The van der Waals surface area contributed by atoms with Crippen LogP contribution in [0.1, 0.15) is 31.9 Å². The van der Waals surface area contributed by atoms with Crippen molar-refractivity contribution in [1.82, 2.24) is 5.32 Å². The number of aliphatic carboxylic acids is 1. The molecule has 1 aromatic carbocycles. The van der Waals surface area contributed by atoms with Crippen LogP contribution in [0.3, 0.4) is 0 Å². The molecule has 0 heterocycles. The molecule has 2 atom stereocenters. The van der Waals surface area contributed by atoms with Gasteiger partial charge in [0.05, 0.1) is 12.1 Å². The summed E-state index contributed by atoms with van der Waals surface area (Å²) in [5, 5.41) is 12.2. The van der Waals surface area contributed by atoms with Crippen molar-refractivity contribution in [3.63, 3.8) is 0 Å². The van der Waals surface area contributed by atoms with Crippen molar-refractivity contribution in [2.45, 2.75) is 26.3 Å². The number of hydrogen-bond acceptors (Lipinski definition) is 3. The van der Waals surface area contributed by atoms with E-state index in [1.54, 1.807) is 19.1 Å². The predicted octanol–water partition coefficient (Wildman–Crippen LogP) is 3.19. The van der Waals surface area contributed by atoms with Crippen molar-refractivity contribution in [1.29, 1.82) is 0 Å². The zero-order chi connectivity index (χ0) is 16.9. The van der Waals surface area contributed by atoms with E-state index in [0.717, 1.165) is 5.57 Å². The van der Waals surface area contributed by atoms with Gasteiger partial charge >= 0.3 is 5.97 Å². The molecule has 0 spiro atoms. The van der Waals surface area contributed by atoms with Gasteiger partial charge in [-0.15, -0.1) is 6.58 Å². The number of benzene rings is 1. The summed E-state index contributed by atoms with van der Waals surface area (Å²) in [6, 6.07) is 3.44. The Morgan fingerprint density at radius 2 is 2.09 bits per heavy atom. The lowest BCUT2D eigenvalue weighted by molar-refractivity contribution is -0.142. The quantitative estimate of drug-likeness (QED) is 0.755. The highest BCUT2D eigenvalue weighted by Gasteiger charge is 2.25. The average molecular weight is 326 g/mol. The molecule has 0 bridgehead atoms. The van der Waals surface area contributed by atoms with Gasteiger partial charge in [-0.05, 0) is 31.0 Å². The molecule has 0 saturated carbocycles. The van der Waals surface area contributed by atoms with Crippen molar-refractivity contribution in [2.75, 3.05) is 7.11 Å². The molecule has 5 nitrogen and oxygen atoms in total. The van der Waals surface area contributed by atoms with Crippen molar-refractivity contribution in [3.8, 4) is 5.75 Å². The fourth-order valence-corrected chi connectivity index (χ4v) is 2.32. The van der Waals surface area contributed by atoms with Gasteiger partial charge in [-0.3, -0.25) is 4.79 Å². The molecular formula is C16H20ClNO4. The fraction of sp³-hybridized carbons (Fsp3) is 0.375. The second-order valence-corrected chi connectivity index (χ2v) is 5.64. The molecule has 0 saturated heterocycles. The molecule has 2 N–H and O–H groups in total. The molecule has 0 aromatic heterocycles. The van der Waals surface area contributed by atoms with Crippen LogP contribution < -0.4 is 10.1 Å². The third kappa shape index (κ3) is 4.77. The van der Waals surface area contributed by atoms with Crippen molar-refractivity contribution < 1.29 is 19.4 Å². The molecule has 22 heavy (non-hydrogen) atoms. The standard InChI is InChI=1S/C16H20ClNO4/c1-9(2)7-10(3)15(19)18-14(16(20)21)11-5-6-13(22-4)12(17)8-11/h5-6,8,10,14H,1,7H2,2-4H3,(H,18,19)(H,20,21). The minimum atomic E-state index is -1.16. The highest BCUT2D eigenvalue weighted by Crippen LogP contribution is 2.28. The number of nitrogens with one attached hydrogen (secondary N) is 1. The second-order valence-electron chi connectivity index (χ2n) is 5.24. The molecule has 1 rings (SSSR count). The third-order valence-corrected chi connectivity index (χ3v) is 3.44. The van der Waals surface area contributed by atoms with E-state index in [1.807, 2.05) is 6.92 Å². The lowest BCUT2D eigenvalue weighted by Crippen LogP contribution is -2.37. The Hall–Kier alpha value is -2.01. The zero-order valence-electron chi connectivity index (χ0n) is 12.9. The van der Waals surface area contributed by atoms with Gasteiger partial charge in [-0.25, -0.2) is 4.79 Å². The molecule has 6 heteroatoms. The number of carbonyl (C=O) groups excluding carboxylic acids is 1. The van der Waals surface area contributed by atoms with Crippen LogP contribution in [-0.2, 0) is 9.59 Å². The number of halogens is 1. The topological polar surface area (TPSA) is 75.6 Å². The zero-order valence-corrected chi connectivity index (χ0v) is 13.6. The summed E-state index contributed by atoms with van der Waals surface area (Å²) < 4.78 is 5.03. The first-order chi connectivity index (χ1) is 10.3. The molecule has 1 aromatic rings. The van der Waals surface area contributed by atoms with Gasteiger partial charge in [-0.2, -0.15) is 0 Å². The Bertz CT molecular complexity index is 586. The van der Waals surface area contributed by atoms with Crippen LogP contribution in [0, 0.1) is 5.92 Å². The van der Waals surface area contributed by atoms with Gasteiger partial charge in [-0.1, -0.05) is 30.2 Å². The molecule has 0 aliphatic carbocycles. The summed E-state index contributed by atoms with van der Waals surface area (Å²) in [4.78, 5) is 23.5. The first kappa shape index (κ1) is 18.0. The van der Waals surface area contributed by atoms with E-state index in [1.165, 1.54) is 13.2 Å². The van der Waals surface area contributed by atoms with Crippen LogP contribution in [0.5, 0.6) is 5.75 Å². The number of carbonyl (C=O) groups is 2. The van der Waals surface area contributed by atoms with Gasteiger partial charge in [0, 0.05) is 5.92 Å². The third-order valence-electron chi connectivity index (χ3n) is 3.14. The summed E-state index contributed by atoms with van der Waals surface area (Å²) in [6.07, 6.45) is 0.502. The fourth-order valence-electron chi connectivity index (χ4n) is 2.05. The number of allylic oxidation sites excluding steroid dienone is 1. The number of amides is 1. The molecule has 0 radical (unpaired) electrons. The first-order valence-corrected chi connectivity index (χ1v) is 7.15. The number of ether oxygens (including phenoxy) is 1. The van der Waals surface area contributed by atoms with E-state index >= 15 is 0 Å². The average Bonchev–Trinajstić information content (AvgIpc) is 2.43. The molecule has 120 valence electrons. The Balaban J connectivity index is 2.95. The van der Waals surface area contributed by atoms with Crippen molar-refractivity contribution >= 4 is 23.5 Å². The Kier molecular flexibility index (Phi) is 6.43. The van der Waals surface area contributed by atoms with Gasteiger partial charge < -0.3 is 15.2 Å². The monoisotopic (exact) mass is 325 g/mol. The SMILES string of the molecule is C=C(C)CC(C)C(=O)NC(C(=O)O)c1ccc(OC)c(Cl)c1. The Morgan fingerprint density at radius 3 is 2.55 bits per heavy atom. The highest BCUT2D eigenvalue weighted by atomic mass is 35.5. The lowest BCUT2D eigenvalue weighted by Gasteiger charge is -2.19. The van der Waals surface area contributed by atoms with Crippen LogP contribution in [0.25, 0.3) is 0 Å². The maximum Gasteiger partial charge on any atom is 0.330 e. The van der Waals surface area contributed by atoms with Crippen LogP contribution in [0.4, 0.5) is 0 Å². The summed E-state index contributed by atoms with van der Waals surface area (Å²) in [7, 11) is 1.47. The number of carboxylic acids is 1. The van der Waals surface area contributed by atoms with E-state index in [4.69, 9.17) is 16.3 Å². The maximum atomic E-state index is 12.1. The summed E-state index contributed by atoms with van der Waals surface area (Å²) >= 11 is 6.00. The summed E-state index contributed by atoms with van der Waals surface area (Å²) in [5.41, 5.74) is 1.25. The van der Waals surface area contributed by atoms with E-state index in [9.17, 15) is 14.7 Å². The lowest BCUT2D eigenvalue weighted by atomic mass is 10.0. The van der Waals surface area contributed by atoms with Crippen LogP contribution >= 0.6 is 11.6 Å². The van der Waals surface area contributed by atoms with E-state index in [2.05, 4.69) is 11.9 Å². The van der Waals surface area contributed by atoms with Gasteiger partial charge in [0.25, 0.3) is 0 Å². The van der Waals surface area contributed by atoms with Crippen molar-refractivity contribution in [3.05, 3.63) is 40.9 Å². The molecular weight excluding hydrogens is 306 g/mol. The molecule has 1 amide bonds. The summed E-state index contributed by atoms with van der Waals surface area (Å²) in [6.45, 7) is 7.30. The van der Waals surface area contributed by atoms with Gasteiger partial charge in [0.2, 0.25) is 5.91 Å². The maximum absolute atomic E-state index is 12.1. The second kappa shape index (κ2) is 7.84. The number of carboxylic acid groups (broad SMARTS) is 1. The smallest absolute Gasteiger partial charge is 0.330 e.